The average molecular weight is 308 g/mol. The molecule has 2 unspecified atom stereocenters. The van der Waals surface area contributed by atoms with Gasteiger partial charge in [-0.25, -0.2) is 0 Å². The molecule has 0 aliphatic carbocycles. The van der Waals surface area contributed by atoms with Crippen LogP contribution in [0.3, 0.4) is 0 Å². The summed E-state index contributed by atoms with van der Waals surface area (Å²) in [5.74, 6) is -0.515. The smallest absolute Gasteiger partial charge is 0.302 e. The van der Waals surface area contributed by atoms with Crippen LogP contribution in [0.15, 0.2) is 0 Å². The third-order valence-corrected chi connectivity index (χ3v) is 1.90. The molecular formula is C15H32O6. The normalized spacial score (nSPS) is 12.1. The number of rotatable bonds is 8. The Balaban J connectivity index is -0.000000295. The van der Waals surface area contributed by atoms with Gasteiger partial charge in [0.15, 0.2) is 0 Å². The quantitative estimate of drug-likeness (QED) is 0.642. The maximum absolute atomic E-state index is 10.3. The molecule has 0 rings (SSSR count). The summed E-state index contributed by atoms with van der Waals surface area (Å²) in [6, 6.07) is 0. The second-order valence-electron chi connectivity index (χ2n) is 4.15. The molecule has 0 aromatic carbocycles. The SMILES string of the molecule is C.CCOC(C)COC(C)=O.CCOCC(C)OC(C)=O. The van der Waals surface area contributed by atoms with Crippen molar-refractivity contribution in [2.24, 2.45) is 0 Å². The Bertz CT molecular complexity index is 255. The summed E-state index contributed by atoms with van der Waals surface area (Å²) < 4.78 is 19.6. The lowest BCUT2D eigenvalue weighted by Crippen LogP contribution is -2.18. The van der Waals surface area contributed by atoms with Gasteiger partial charge in [-0.3, -0.25) is 9.59 Å². The van der Waals surface area contributed by atoms with Crippen molar-refractivity contribution in [3.8, 4) is 0 Å². The lowest BCUT2D eigenvalue weighted by Gasteiger charge is -2.10. The van der Waals surface area contributed by atoms with Crippen LogP contribution in [0.25, 0.3) is 0 Å². The molecule has 21 heavy (non-hydrogen) atoms. The molecule has 0 bridgehead atoms. The van der Waals surface area contributed by atoms with E-state index in [4.69, 9.17) is 18.9 Å². The van der Waals surface area contributed by atoms with Crippen LogP contribution in [0.5, 0.6) is 0 Å². The minimum Gasteiger partial charge on any atom is -0.463 e. The van der Waals surface area contributed by atoms with Gasteiger partial charge in [-0.05, 0) is 27.7 Å². The van der Waals surface area contributed by atoms with Crippen LogP contribution in [-0.2, 0) is 28.5 Å². The van der Waals surface area contributed by atoms with Gasteiger partial charge < -0.3 is 18.9 Å². The highest BCUT2D eigenvalue weighted by Crippen LogP contribution is 1.92. The molecule has 2 atom stereocenters. The van der Waals surface area contributed by atoms with E-state index in [1.165, 1.54) is 13.8 Å². The molecule has 6 heteroatoms. The second-order valence-corrected chi connectivity index (χ2v) is 4.15. The van der Waals surface area contributed by atoms with Crippen molar-refractivity contribution in [1.29, 1.82) is 0 Å². The lowest BCUT2D eigenvalue weighted by atomic mass is 10.4. The molecule has 0 saturated carbocycles. The van der Waals surface area contributed by atoms with Crippen LogP contribution in [0, 0.1) is 0 Å². The van der Waals surface area contributed by atoms with Gasteiger partial charge >= 0.3 is 11.9 Å². The van der Waals surface area contributed by atoms with Crippen LogP contribution in [0.2, 0.25) is 0 Å². The molecule has 0 radical (unpaired) electrons. The largest absolute Gasteiger partial charge is 0.463 e. The van der Waals surface area contributed by atoms with Crippen molar-refractivity contribution in [2.75, 3.05) is 26.4 Å². The van der Waals surface area contributed by atoms with Crippen molar-refractivity contribution in [3.63, 3.8) is 0 Å². The highest BCUT2D eigenvalue weighted by Gasteiger charge is 2.03. The van der Waals surface area contributed by atoms with E-state index in [0.717, 1.165) is 0 Å². The minimum atomic E-state index is -0.258. The topological polar surface area (TPSA) is 71.1 Å². The zero-order valence-corrected chi connectivity index (χ0v) is 13.4. The van der Waals surface area contributed by atoms with Gasteiger partial charge in [0, 0.05) is 27.1 Å². The fraction of sp³-hybridized carbons (Fsp3) is 0.867. The van der Waals surface area contributed by atoms with E-state index >= 15 is 0 Å². The molecule has 0 aliphatic rings. The summed E-state index contributed by atoms with van der Waals surface area (Å²) in [6.07, 6.45) is -0.119. The summed E-state index contributed by atoms with van der Waals surface area (Å²) in [5, 5.41) is 0. The Hall–Kier alpha value is -1.14. The van der Waals surface area contributed by atoms with Gasteiger partial charge in [-0.1, -0.05) is 7.43 Å². The number of ether oxygens (including phenoxy) is 4. The van der Waals surface area contributed by atoms with Crippen molar-refractivity contribution < 1.29 is 28.5 Å². The molecular weight excluding hydrogens is 276 g/mol. The van der Waals surface area contributed by atoms with Crippen LogP contribution in [0.1, 0.15) is 49.0 Å². The fourth-order valence-electron chi connectivity index (χ4n) is 1.17. The van der Waals surface area contributed by atoms with E-state index in [-0.39, 0.29) is 31.6 Å². The number of hydrogen-bond acceptors (Lipinski definition) is 6. The first-order chi connectivity index (χ1) is 9.33. The van der Waals surface area contributed by atoms with Crippen molar-refractivity contribution in [3.05, 3.63) is 0 Å². The van der Waals surface area contributed by atoms with E-state index < -0.39 is 0 Å². The average Bonchev–Trinajstić information content (AvgIpc) is 2.34. The monoisotopic (exact) mass is 308 g/mol. The third kappa shape index (κ3) is 24.3. The van der Waals surface area contributed by atoms with Gasteiger partial charge in [-0.2, -0.15) is 0 Å². The molecule has 0 amide bonds. The van der Waals surface area contributed by atoms with Crippen LogP contribution in [0.4, 0.5) is 0 Å². The summed E-state index contributed by atoms with van der Waals surface area (Å²) >= 11 is 0. The van der Waals surface area contributed by atoms with E-state index in [9.17, 15) is 9.59 Å². The number of esters is 2. The van der Waals surface area contributed by atoms with Gasteiger partial charge in [-0.15, -0.1) is 0 Å². The van der Waals surface area contributed by atoms with Crippen molar-refractivity contribution in [2.45, 2.75) is 61.2 Å². The highest BCUT2D eigenvalue weighted by atomic mass is 16.6. The van der Waals surface area contributed by atoms with Gasteiger partial charge in [0.2, 0.25) is 0 Å². The summed E-state index contributed by atoms with van der Waals surface area (Å²) in [5.41, 5.74) is 0. The molecule has 128 valence electrons. The first kappa shape index (κ1) is 24.9. The number of hydrogen-bond donors (Lipinski definition) is 0. The Morgan fingerprint density at radius 3 is 1.86 bits per heavy atom. The van der Waals surface area contributed by atoms with Gasteiger partial charge in [0.05, 0.1) is 12.7 Å². The van der Waals surface area contributed by atoms with Crippen molar-refractivity contribution in [1.82, 2.24) is 0 Å². The highest BCUT2D eigenvalue weighted by molar-refractivity contribution is 5.66. The number of carbonyl (C=O) groups excluding carboxylic acids is 2. The molecule has 0 fully saturated rings. The lowest BCUT2D eigenvalue weighted by molar-refractivity contribution is -0.148. The zero-order valence-electron chi connectivity index (χ0n) is 13.4. The maximum atomic E-state index is 10.3. The third-order valence-electron chi connectivity index (χ3n) is 1.90. The van der Waals surface area contributed by atoms with E-state index in [1.807, 2.05) is 20.8 Å². The Morgan fingerprint density at radius 2 is 1.48 bits per heavy atom. The molecule has 6 nitrogen and oxygen atoms in total. The first-order valence-electron chi connectivity index (χ1n) is 6.83. The summed E-state index contributed by atoms with van der Waals surface area (Å²) in [4.78, 5) is 20.6. The van der Waals surface area contributed by atoms with E-state index in [0.29, 0.717) is 26.4 Å². The van der Waals surface area contributed by atoms with Crippen LogP contribution < -0.4 is 0 Å². The maximum Gasteiger partial charge on any atom is 0.302 e. The zero-order chi connectivity index (χ0) is 16.0. The van der Waals surface area contributed by atoms with E-state index in [2.05, 4.69) is 0 Å². The predicted molar refractivity (Wildman–Crippen MR) is 82.2 cm³/mol. The van der Waals surface area contributed by atoms with Gasteiger partial charge in [0.1, 0.15) is 12.7 Å². The Kier molecular flexibility index (Phi) is 20.0. The molecule has 0 aliphatic heterocycles. The minimum absolute atomic E-state index is 0. The molecule has 0 saturated heterocycles. The van der Waals surface area contributed by atoms with Crippen molar-refractivity contribution >= 4 is 11.9 Å². The molecule has 0 spiro atoms. The van der Waals surface area contributed by atoms with E-state index in [1.54, 1.807) is 6.92 Å². The van der Waals surface area contributed by atoms with Gasteiger partial charge in [0.25, 0.3) is 0 Å². The summed E-state index contributed by atoms with van der Waals surface area (Å²) in [7, 11) is 0. The first-order valence-corrected chi connectivity index (χ1v) is 6.83. The fourth-order valence-corrected chi connectivity index (χ4v) is 1.17. The van der Waals surface area contributed by atoms with Crippen LogP contribution >= 0.6 is 0 Å². The van der Waals surface area contributed by atoms with Crippen LogP contribution in [-0.4, -0.2) is 50.6 Å². The Labute approximate surface area is 129 Å². The number of carbonyl (C=O) groups is 2. The standard InChI is InChI=1S/2C7H14O3.CH4/c1-4-9-6(2)5-10-7(3)8;1-4-9-5-6(2)10-7(3)8;/h2*6H,4-5H2,1-3H3;1H4. The second kappa shape index (κ2) is 16.9. The predicted octanol–water partition coefficient (Wildman–Crippen LogP) is 2.59. The Morgan fingerprint density at radius 1 is 0.905 bits per heavy atom. The molecule has 0 heterocycles. The molecule has 0 N–H and O–H groups in total. The molecule has 0 aromatic rings. The molecule has 0 aromatic heterocycles. The summed E-state index contributed by atoms with van der Waals surface area (Å²) in [6.45, 7) is 12.4.